The van der Waals surface area contributed by atoms with Gasteiger partial charge in [-0.15, -0.1) is 0 Å². The van der Waals surface area contributed by atoms with Crippen LogP contribution >= 0.6 is 0 Å². The number of amides is 2. The first-order chi connectivity index (χ1) is 8.90. The van der Waals surface area contributed by atoms with E-state index in [4.69, 9.17) is 0 Å². The van der Waals surface area contributed by atoms with Gasteiger partial charge in [-0.25, -0.2) is 0 Å². The van der Waals surface area contributed by atoms with Crippen LogP contribution in [-0.4, -0.2) is 39.3 Å². The maximum absolute atomic E-state index is 12.1. The van der Waals surface area contributed by atoms with Crippen molar-refractivity contribution in [2.24, 2.45) is 5.41 Å². The molecule has 2 amide bonds. The Hall–Kier alpha value is -2.24. The predicted octanol–water partition coefficient (Wildman–Crippen LogP) is 1.18. The molecule has 1 aromatic heterocycles. The first kappa shape index (κ1) is 13.2. The second-order valence-corrected chi connectivity index (χ2v) is 4.82. The fourth-order valence-electron chi connectivity index (χ4n) is 1.94. The summed E-state index contributed by atoms with van der Waals surface area (Å²) in [5.41, 5.74) is -0.819. The fourth-order valence-corrected chi connectivity index (χ4v) is 1.94. The lowest BCUT2D eigenvalue weighted by Gasteiger charge is -2.27. The van der Waals surface area contributed by atoms with Gasteiger partial charge in [-0.05, 0) is 25.5 Å². The van der Waals surface area contributed by atoms with Gasteiger partial charge in [0.25, 0.3) is 11.8 Å². The number of rotatable bonds is 4. The minimum Gasteiger partial charge on any atom is -0.481 e. The van der Waals surface area contributed by atoms with E-state index in [0.29, 0.717) is 6.42 Å². The molecule has 1 N–H and O–H groups in total. The Bertz CT molecular complexity index is 535. The monoisotopic (exact) mass is 262 g/mol. The molecule has 0 aromatic carbocycles. The molecule has 1 atom stereocenters. The van der Waals surface area contributed by atoms with E-state index in [1.54, 1.807) is 13.0 Å². The van der Waals surface area contributed by atoms with Crippen molar-refractivity contribution in [1.29, 1.82) is 0 Å². The Morgan fingerprint density at radius 2 is 2.11 bits per heavy atom. The number of hydrogen-bond donors (Lipinski definition) is 1. The van der Waals surface area contributed by atoms with Crippen LogP contribution in [0.1, 0.15) is 41.1 Å². The highest BCUT2D eigenvalue weighted by molar-refractivity contribution is 6.20. The normalized spacial score (nSPS) is 17.3. The maximum atomic E-state index is 12.1. The van der Waals surface area contributed by atoms with Crippen molar-refractivity contribution in [3.05, 3.63) is 29.6 Å². The smallest absolute Gasteiger partial charge is 0.311 e. The van der Waals surface area contributed by atoms with E-state index >= 15 is 0 Å². The largest absolute Gasteiger partial charge is 0.481 e. The molecule has 0 saturated heterocycles. The third-order valence-corrected chi connectivity index (χ3v) is 3.53. The zero-order valence-corrected chi connectivity index (χ0v) is 10.7. The van der Waals surface area contributed by atoms with E-state index in [2.05, 4.69) is 4.98 Å². The van der Waals surface area contributed by atoms with Crippen LogP contribution in [0, 0.1) is 5.41 Å². The number of carboxylic acids is 1. The first-order valence-corrected chi connectivity index (χ1v) is 5.95. The van der Waals surface area contributed by atoms with Gasteiger partial charge in [0.15, 0.2) is 0 Å². The number of carbonyl (C=O) groups is 3. The van der Waals surface area contributed by atoms with E-state index < -0.39 is 23.2 Å². The molecule has 0 aliphatic carbocycles. The van der Waals surface area contributed by atoms with E-state index in [-0.39, 0.29) is 17.8 Å². The number of nitrogens with zero attached hydrogens (tertiary/aromatic N) is 2. The van der Waals surface area contributed by atoms with E-state index in [1.807, 2.05) is 0 Å². The summed E-state index contributed by atoms with van der Waals surface area (Å²) in [6.45, 7) is 3.09. The molecule has 2 heterocycles. The minimum absolute atomic E-state index is 0.0938. The van der Waals surface area contributed by atoms with Crippen molar-refractivity contribution >= 4 is 17.8 Å². The molecule has 0 saturated carbocycles. The molecule has 19 heavy (non-hydrogen) atoms. The number of hydrogen-bond acceptors (Lipinski definition) is 4. The summed E-state index contributed by atoms with van der Waals surface area (Å²) in [5.74, 6) is -2.03. The third-order valence-electron chi connectivity index (χ3n) is 3.53. The van der Waals surface area contributed by atoms with Gasteiger partial charge in [0.05, 0.1) is 11.0 Å². The molecule has 1 unspecified atom stereocenters. The van der Waals surface area contributed by atoms with Crippen LogP contribution in [0.25, 0.3) is 0 Å². The summed E-state index contributed by atoms with van der Waals surface area (Å²) in [6.07, 6.45) is 1.76. The zero-order valence-electron chi connectivity index (χ0n) is 10.7. The molecule has 2 rings (SSSR count). The third kappa shape index (κ3) is 1.99. The molecule has 0 radical (unpaired) electrons. The van der Waals surface area contributed by atoms with Crippen molar-refractivity contribution in [3.8, 4) is 0 Å². The van der Waals surface area contributed by atoms with Crippen LogP contribution in [0.4, 0.5) is 0 Å². The molecule has 1 aromatic rings. The van der Waals surface area contributed by atoms with Gasteiger partial charge in [-0.1, -0.05) is 6.92 Å². The Labute approximate surface area is 110 Å². The summed E-state index contributed by atoms with van der Waals surface area (Å²) in [5, 5.41) is 9.22. The number of carboxylic acid groups (broad SMARTS) is 1. The first-order valence-electron chi connectivity index (χ1n) is 5.95. The summed E-state index contributed by atoms with van der Waals surface area (Å²) in [4.78, 5) is 40.3. The van der Waals surface area contributed by atoms with Crippen molar-refractivity contribution in [1.82, 2.24) is 9.88 Å². The predicted molar refractivity (Wildman–Crippen MR) is 65.6 cm³/mol. The van der Waals surface area contributed by atoms with E-state index in [1.165, 1.54) is 19.2 Å². The number of pyridine rings is 1. The molecular weight excluding hydrogens is 248 g/mol. The standard InChI is InChI=1S/C13H14N2O4/c1-3-13(2,12(18)19)7-15-10(16)8-5-4-6-14-9(8)11(15)17/h4-6H,3,7H2,1-2H3,(H,18,19). The number of imide groups is 1. The Morgan fingerprint density at radius 3 is 2.63 bits per heavy atom. The SMILES string of the molecule is CCC(C)(CN1C(=O)c2cccnc2C1=O)C(=O)O. The molecule has 6 nitrogen and oxygen atoms in total. The van der Waals surface area contributed by atoms with Gasteiger partial charge < -0.3 is 5.11 Å². The average Bonchev–Trinajstić information content (AvgIpc) is 2.64. The summed E-state index contributed by atoms with van der Waals surface area (Å²) >= 11 is 0. The summed E-state index contributed by atoms with van der Waals surface area (Å²) in [7, 11) is 0. The molecule has 1 aliphatic heterocycles. The average molecular weight is 262 g/mol. The Morgan fingerprint density at radius 1 is 1.42 bits per heavy atom. The second kappa shape index (κ2) is 4.46. The molecule has 1 aliphatic rings. The molecule has 0 spiro atoms. The van der Waals surface area contributed by atoms with Crippen LogP contribution in [0.2, 0.25) is 0 Å². The van der Waals surface area contributed by atoms with Gasteiger partial charge in [0.2, 0.25) is 0 Å². The lowest BCUT2D eigenvalue weighted by molar-refractivity contribution is -0.148. The quantitative estimate of drug-likeness (QED) is 0.823. The van der Waals surface area contributed by atoms with Gasteiger partial charge in [-0.3, -0.25) is 24.3 Å². The lowest BCUT2D eigenvalue weighted by Crippen LogP contribution is -2.43. The van der Waals surface area contributed by atoms with Crippen molar-refractivity contribution < 1.29 is 19.5 Å². The van der Waals surface area contributed by atoms with Crippen LogP contribution < -0.4 is 0 Å². The van der Waals surface area contributed by atoms with Crippen molar-refractivity contribution in [2.45, 2.75) is 20.3 Å². The number of aliphatic carboxylic acids is 1. The fraction of sp³-hybridized carbons (Fsp3) is 0.385. The van der Waals surface area contributed by atoms with Gasteiger partial charge in [0, 0.05) is 12.7 Å². The van der Waals surface area contributed by atoms with Crippen LogP contribution in [0.3, 0.4) is 0 Å². The van der Waals surface area contributed by atoms with Gasteiger partial charge in [-0.2, -0.15) is 0 Å². The van der Waals surface area contributed by atoms with E-state index in [9.17, 15) is 19.5 Å². The Kier molecular flexibility index (Phi) is 3.09. The second-order valence-electron chi connectivity index (χ2n) is 4.82. The van der Waals surface area contributed by atoms with Crippen LogP contribution in [-0.2, 0) is 4.79 Å². The molecule has 0 fully saturated rings. The van der Waals surface area contributed by atoms with E-state index in [0.717, 1.165) is 4.90 Å². The highest BCUT2D eigenvalue weighted by Crippen LogP contribution is 2.28. The minimum atomic E-state index is -1.15. The highest BCUT2D eigenvalue weighted by Gasteiger charge is 2.43. The van der Waals surface area contributed by atoms with Gasteiger partial charge in [0.1, 0.15) is 5.69 Å². The molecule has 0 bridgehead atoms. The lowest BCUT2D eigenvalue weighted by atomic mass is 9.87. The zero-order chi connectivity index (χ0) is 14.2. The molecule has 6 heteroatoms. The van der Waals surface area contributed by atoms with Gasteiger partial charge >= 0.3 is 5.97 Å². The number of fused-ring (bicyclic) bond motifs is 1. The summed E-state index contributed by atoms with van der Waals surface area (Å²) < 4.78 is 0. The number of aromatic nitrogens is 1. The molecular formula is C13H14N2O4. The number of carbonyl (C=O) groups excluding carboxylic acids is 2. The van der Waals surface area contributed by atoms with Crippen LogP contribution in [0.5, 0.6) is 0 Å². The van der Waals surface area contributed by atoms with Crippen molar-refractivity contribution in [2.75, 3.05) is 6.54 Å². The summed E-state index contributed by atoms with van der Waals surface area (Å²) in [6, 6.07) is 3.09. The Balaban J connectivity index is 2.33. The molecule has 100 valence electrons. The van der Waals surface area contributed by atoms with Crippen LogP contribution in [0.15, 0.2) is 18.3 Å². The van der Waals surface area contributed by atoms with Crippen molar-refractivity contribution in [3.63, 3.8) is 0 Å². The maximum Gasteiger partial charge on any atom is 0.311 e. The topological polar surface area (TPSA) is 87.6 Å². The highest BCUT2D eigenvalue weighted by atomic mass is 16.4.